The van der Waals surface area contributed by atoms with Gasteiger partial charge in [0.2, 0.25) is 5.91 Å². The summed E-state index contributed by atoms with van der Waals surface area (Å²) in [5.74, 6) is -0.415. The van der Waals surface area contributed by atoms with Crippen molar-refractivity contribution in [2.75, 3.05) is 13.1 Å². The Morgan fingerprint density at radius 1 is 1.45 bits per heavy atom. The number of carbonyl (C=O) groups excluding carboxylic acids is 2. The van der Waals surface area contributed by atoms with Crippen LogP contribution in [0.1, 0.15) is 29.5 Å². The number of hydrogen-bond acceptors (Lipinski definition) is 3. The fourth-order valence-corrected chi connectivity index (χ4v) is 2.76. The zero-order valence-corrected chi connectivity index (χ0v) is 12.4. The number of aromatic amines is 1. The maximum atomic E-state index is 14.1. The van der Waals surface area contributed by atoms with Gasteiger partial charge in [0.25, 0.3) is 5.91 Å². The second kappa shape index (κ2) is 5.40. The molecule has 2 N–H and O–H groups in total. The Hall–Kier alpha value is -2.44. The number of benzene rings is 1. The minimum Gasteiger partial charge on any atom is -0.347 e. The fourth-order valence-electron chi connectivity index (χ4n) is 2.76. The van der Waals surface area contributed by atoms with E-state index in [0.29, 0.717) is 36.4 Å². The zero-order chi connectivity index (χ0) is 15.9. The molecular weight excluding hydrogens is 287 g/mol. The normalized spacial score (nSPS) is 18.0. The first-order valence-corrected chi connectivity index (χ1v) is 7.16. The first kappa shape index (κ1) is 14.5. The summed E-state index contributed by atoms with van der Waals surface area (Å²) >= 11 is 0. The topological polar surface area (TPSA) is 78.1 Å². The van der Waals surface area contributed by atoms with Crippen LogP contribution in [0.4, 0.5) is 4.39 Å². The molecule has 1 aliphatic rings. The number of amides is 2. The molecule has 2 amide bonds. The first-order chi connectivity index (χ1) is 10.4. The molecule has 2 aromatic rings. The summed E-state index contributed by atoms with van der Waals surface area (Å²) < 4.78 is 14.1. The molecule has 116 valence electrons. The number of nitrogens with one attached hydrogen (secondary N) is 2. The summed E-state index contributed by atoms with van der Waals surface area (Å²) in [6.07, 6.45) is 0.677. The van der Waals surface area contributed by atoms with Crippen LogP contribution in [0.3, 0.4) is 0 Å². The number of H-pyrrole nitrogens is 1. The molecule has 0 bridgehead atoms. The molecule has 1 aromatic carbocycles. The van der Waals surface area contributed by atoms with Crippen LogP contribution in [0.25, 0.3) is 11.0 Å². The van der Waals surface area contributed by atoms with Gasteiger partial charge in [0, 0.05) is 32.1 Å². The number of imidazole rings is 1. The lowest BCUT2D eigenvalue weighted by Gasteiger charge is -2.15. The molecule has 1 saturated heterocycles. The Morgan fingerprint density at radius 2 is 2.23 bits per heavy atom. The van der Waals surface area contributed by atoms with E-state index in [4.69, 9.17) is 0 Å². The second-order valence-corrected chi connectivity index (χ2v) is 5.60. The summed E-state index contributed by atoms with van der Waals surface area (Å²) in [5, 5.41) is 2.78. The number of aromatic nitrogens is 2. The van der Waals surface area contributed by atoms with Crippen molar-refractivity contribution in [1.82, 2.24) is 20.2 Å². The van der Waals surface area contributed by atoms with Gasteiger partial charge in [0.05, 0.1) is 16.6 Å². The highest BCUT2D eigenvalue weighted by atomic mass is 19.1. The van der Waals surface area contributed by atoms with Crippen molar-refractivity contribution in [3.8, 4) is 0 Å². The molecular formula is C15H17FN4O2. The summed E-state index contributed by atoms with van der Waals surface area (Å²) in [5.41, 5.74) is 1.09. The highest BCUT2D eigenvalue weighted by Gasteiger charge is 2.26. The Labute approximate surface area is 126 Å². The van der Waals surface area contributed by atoms with Crippen LogP contribution < -0.4 is 5.32 Å². The lowest BCUT2D eigenvalue weighted by atomic mass is 10.1. The van der Waals surface area contributed by atoms with Gasteiger partial charge in [-0.3, -0.25) is 9.59 Å². The van der Waals surface area contributed by atoms with Crippen LogP contribution in [0, 0.1) is 12.7 Å². The van der Waals surface area contributed by atoms with Crippen molar-refractivity contribution in [2.45, 2.75) is 26.3 Å². The maximum absolute atomic E-state index is 14.1. The van der Waals surface area contributed by atoms with E-state index in [9.17, 15) is 14.0 Å². The molecule has 0 aliphatic carbocycles. The number of carbonyl (C=O) groups is 2. The van der Waals surface area contributed by atoms with Crippen molar-refractivity contribution < 1.29 is 14.0 Å². The van der Waals surface area contributed by atoms with Gasteiger partial charge in [-0.25, -0.2) is 9.37 Å². The number of fused-ring (bicyclic) bond motifs is 1. The summed E-state index contributed by atoms with van der Waals surface area (Å²) in [6.45, 7) is 4.34. The number of aryl methyl sites for hydroxylation is 1. The van der Waals surface area contributed by atoms with Crippen LogP contribution in [0.5, 0.6) is 0 Å². The average Bonchev–Trinajstić information content (AvgIpc) is 3.03. The van der Waals surface area contributed by atoms with Crippen LogP contribution in [0.15, 0.2) is 12.1 Å². The quantitative estimate of drug-likeness (QED) is 0.879. The molecule has 3 rings (SSSR count). The van der Waals surface area contributed by atoms with E-state index in [2.05, 4.69) is 15.3 Å². The fraction of sp³-hybridized carbons (Fsp3) is 0.400. The van der Waals surface area contributed by atoms with E-state index >= 15 is 0 Å². The van der Waals surface area contributed by atoms with Crippen LogP contribution in [-0.4, -0.2) is 45.8 Å². The minimum absolute atomic E-state index is 0.0173. The Balaban J connectivity index is 1.77. The zero-order valence-electron chi connectivity index (χ0n) is 12.4. The minimum atomic E-state index is -0.588. The predicted molar refractivity (Wildman–Crippen MR) is 78.9 cm³/mol. The van der Waals surface area contributed by atoms with Gasteiger partial charge in [-0.2, -0.15) is 0 Å². The molecule has 6 nitrogen and oxygen atoms in total. The molecule has 1 atom stereocenters. The van der Waals surface area contributed by atoms with Gasteiger partial charge in [0.15, 0.2) is 0 Å². The van der Waals surface area contributed by atoms with Gasteiger partial charge in [0.1, 0.15) is 11.6 Å². The lowest BCUT2D eigenvalue weighted by Crippen LogP contribution is -2.38. The molecule has 0 unspecified atom stereocenters. The highest BCUT2D eigenvalue weighted by Crippen LogP contribution is 2.18. The Morgan fingerprint density at radius 3 is 2.91 bits per heavy atom. The molecule has 22 heavy (non-hydrogen) atoms. The third kappa shape index (κ3) is 2.66. The SMILES string of the molecule is CC(=O)N1CC[C@H](NC(=O)c2cc3nc(C)[nH]c3cc2F)C1. The number of likely N-dealkylation sites (tertiary alicyclic amines) is 1. The van der Waals surface area contributed by atoms with Crippen molar-refractivity contribution in [2.24, 2.45) is 0 Å². The van der Waals surface area contributed by atoms with Gasteiger partial charge in [-0.15, -0.1) is 0 Å². The van der Waals surface area contributed by atoms with E-state index in [1.54, 1.807) is 11.8 Å². The van der Waals surface area contributed by atoms with Crippen LogP contribution in [0.2, 0.25) is 0 Å². The highest BCUT2D eigenvalue weighted by molar-refractivity contribution is 5.98. The number of nitrogens with zero attached hydrogens (tertiary/aromatic N) is 2. The van der Waals surface area contributed by atoms with Crippen LogP contribution >= 0.6 is 0 Å². The van der Waals surface area contributed by atoms with Gasteiger partial charge >= 0.3 is 0 Å². The van der Waals surface area contributed by atoms with Crippen molar-refractivity contribution in [3.05, 3.63) is 29.3 Å². The van der Waals surface area contributed by atoms with Crippen LogP contribution in [-0.2, 0) is 4.79 Å². The Bertz CT molecular complexity index is 755. The molecule has 1 fully saturated rings. The molecule has 1 aromatic heterocycles. The number of halogens is 1. The van der Waals surface area contributed by atoms with Crippen molar-refractivity contribution in [3.63, 3.8) is 0 Å². The number of rotatable bonds is 2. The third-order valence-corrected chi connectivity index (χ3v) is 3.90. The van der Waals surface area contributed by atoms with E-state index in [0.717, 1.165) is 0 Å². The van der Waals surface area contributed by atoms with E-state index < -0.39 is 11.7 Å². The van der Waals surface area contributed by atoms with E-state index in [1.807, 2.05) is 0 Å². The van der Waals surface area contributed by atoms with Gasteiger partial charge < -0.3 is 15.2 Å². The predicted octanol–water partition coefficient (Wildman–Crippen LogP) is 1.36. The smallest absolute Gasteiger partial charge is 0.254 e. The molecule has 0 saturated carbocycles. The molecule has 0 radical (unpaired) electrons. The third-order valence-electron chi connectivity index (χ3n) is 3.90. The van der Waals surface area contributed by atoms with Gasteiger partial charge in [-0.05, 0) is 19.4 Å². The summed E-state index contributed by atoms with van der Waals surface area (Å²) in [4.78, 5) is 32.4. The first-order valence-electron chi connectivity index (χ1n) is 7.16. The van der Waals surface area contributed by atoms with E-state index in [1.165, 1.54) is 19.1 Å². The number of hydrogen-bond donors (Lipinski definition) is 2. The molecule has 7 heteroatoms. The van der Waals surface area contributed by atoms with Crippen molar-refractivity contribution >= 4 is 22.8 Å². The maximum Gasteiger partial charge on any atom is 0.254 e. The monoisotopic (exact) mass is 304 g/mol. The standard InChI is InChI=1S/C15H17FN4O2/c1-8-17-13-5-11(12(16)6-14(13)18-8)15(22)19-10-3-4-20(7-10)9(2)21/h5-6,10H,3-4,7H2,1-2H3,(H,17,18)(H,19,22)/t10-/m0/s1. The molecule has 0 spiro atoms. The van der Waals surface area contributed by atoms with E-state index in [-0.39, 0.29) is 17.5 Å². The molecule has 1 aliphatic heterocycles. The summed E-state index contributed by atoms with van der Waals surface area (Å²) in [6, 6.07) is 2.58. The van der Waals surface area contributed by atoms with Crippen molar-refractivity contribution in [1.29, 1.82) is 0 Å². The Kier molecular flexibility index (Phi) is 3.56. The molecule has 2 heterocycles. The largest absolute Gasteiger partial charge is 0.347 e. The second-order valence-electron chi connectivity index (χ2n) is 5.60. The van der Waals surface area contributed by atoms with Gasteiger partial charge in [-0.1, -0.05) is 0 Å². The summed E-state index contributed by atoms with van der Waals surface area (Å²) in [7, 11) is 0. The lowest BCUT2D eigenvalue weighted by molar-refractivity contribution is -0.127. The average molecular weight is 304 g/mol.